The van der Waals surface area contributed by atoms with Crippen LogP contribution in [-0.2, 0) is 6.54 Å². The van der Waals surface area contributed by atoms with Gasteiger partial charge in [-0.15, -0.1) is 5.11 Å². The largest absolute Gasteiger partial charge is 1.00 e. The number of aromatic amines is 1. The minimum absolute atomic E-state index is 0. The summed E-state index contributed by atoms with van der Waals surface area (Å²) < 4.78 is 0. The van der Waals surface area contributed by atoms with Gasteiger partial charge in [0.15, 0.2) is 4.98 Å². The molecule has 0 spiro atoms. The molecule has 0 fully saturated rings. The lowest BCUT2D eigenvalue weighted by molar-refractivity contribution is -0.00000834. The van der Waals surface area contributed by atoms with Crippen LogP contribution in [0.15, 0.2) is 150 Å². The van der Waals surface area contributed by atoms with Gasteiger partial charge in [-0.1, -0.05) is 90.5 Å². The zero-order valence-electron chi connectivity index (χ0n) is 22.6. The third kappa shape index (κ3) is 9.79. The number of nitrogens with two attached hydrogens (primary N) is 1. The van der Waals surface area contributed by atoms with Gasteiger partial charge < -0.3 is 28.4 Å². The topological polar surface area (TPSA) is 107 Å². The highest BCUT2D eigenvalue weighted by molar-refractivity contribution is 6.30. The Bertz CT molecular complexity index is 1700. The van der Waals surface area contributed by atoms with E-state index in [-0.39, 0.29) is 12.4 Å². The molecular weight excluding hydrogens is 565 g/mol. The normalized spacial score (nSPS) is 9.90. The van der Waals surface area contributed by atoms with E-state index in [4.69, 9.17) is 22.7 Å². The van der Waals surface area contributed by atoms with Gasteiger partial charge in [0, 0.05) is 41.0 Å². The van der Waals surface area contributed by atoms with Gasteiger partial charge in [-0.2, -0.15) is 5.11 Å². The van der Waals surface area contributed by atoms with Crippen LogP contribution in [0.2, 0.25) is 5.02 Å². The molecule has 0 saturated carbocycles. The molecule has 0 aliphatic rings. The van der Waals surface area contributed by atoms with Gasteiger partial charge in [0.05, 0.1) is 16.9 Å². The number of fused-ring (bicyclic) bond motifs is 1. The number of nitrogens with zero attached hydrogens (tertiary/aromatic N) is 4. The average Bonchev–Trinajstić information content (AvgIpc) is 3.45. The summed E-state index contributed by atoms with van der Waals surface area (Å²) in [6.45, 7) is 0.718. The number of aromatic nitrogens is 1. The van der Waals surface area contributed by atoms with E-state index < -0.39 is 0 Å². The van der Waals surface area contributed by atoms with E-state index in [1.165, 1.54) is 5.56 Å². The first-order valence-electron chi connectivity index (χ1n) is 12.9. The standard InChI is InChI=1S/C21H17ClN4.C6H5N2.C6H7N.ClH/c22-16-11-9-15(10-12-16)13-23-19-8-4-7-18-20(14-24-21(18)19)26-25-17-5-2-1-3-6-17;7-8-6-4-2-1-3-5-6;7-6-4-2-1-3-5-6;/h1-12,14,23-24H,13H2;1-5H;1-5H,7H2;1H/q;+1;;/p-1. The van der Waals surface area contributed by atoms with E-state index in [9.17, 15) is 0 Å². The van der Waals surface area contributed by atoms with Gasteiger partial charge in [-0.25, -0.2) is 0 Å². The van der Waals surface area contributed by atoms with Crippen LogP contribution in [0.25, 0.3) is 15.9 Å². The van der Waals surface area contributed by atoms with E-state index in [1.807, 2.05) is 128 Å². The molecular formula is C33H29Cl2N7. The second kappa shape index (κ2) is 16.8. The van der Waals surface area contributed by atoms with Crippen LogP contribution < -0.4 is 23.5 Å². The van der Waals surface area contributed by atoms with E-state index in [0.29, 0.717) is 5.69 Å². The Morgan fingerprint density at radius 1 is 0.738 bits per heavy atom. The fraction of sp³-hybridized carbons (Fsp3) is 0.0303. The summed E-state index contributed by atoms with van der Waals surface area (Å²) in [4.78, 5) is 6.27. The molecule has 4 N–H and O–H groups in total. The molecule has 0 aliphatic heterocycles. The summed E-state index contributed by atoms with van der Waals surface area (Å²) in [5.74, 6) is 0. The van der Waals surface area contributed by atoms with Crippen molar-refractivity contribution in [2.75, 3.05) is 11.1 Å². The summed E-state index contributed by atoms with van der Waals surface area (Å²) in [6.07, 6.45) is 1.88. The van der Waals surface area contributed by atoms with Gasteiger partial charge in [-0.3, -0.25) is 0 Å². The smallest absolute Gasteiger partial charge is 0.385 e. The Balaban J connectivity index is 0.000000247. The lowest BCUT2D eigenvalue weighted by Crippen LogP contribution is -3.00. The zero-order chi connectivity index (χ0) is 28.7. The molecule has 42 heavy (non-hydrogen) atoms. The predicted molar refractivity (Wildman–Crippen MR) is 170 cm³/mol. The second-order valence-electron chi connectivity index (χ2n) is 8.76. The Hall–Kier alpha value is -5.16. The molecule has 6 aromatic rings. The minimum atomic E-state index is 0. The van der Waals surface area contributed by atoms with Gasteiger partial charge in [0.25, 0.3) is 0 Å². The number of halogens is 2. The van der Waals surface area contributed by atoms with Crippen molar-refractivity contribution in [2.24, 2.45) is 10.2 Å². The number of rotatable bonds is 5. The lowest BCUT2D eigenvalue weighted by Gasteiger charge is -2.08. The Morgan fingerprint density at radius 2 is 1.36 bits per heavy atom. The predicted octanol–water partition coefficient (Wildman–Crippen LogP) is 7.29. The SMILES string of the molecule is Clc1ccc(CNc2cccc3c(N=Nc4ccccc4)c[nH]c23)cc1.N#[N+]c1ccccc1.Nc1ccccc1.[Cl-]. The number of hydrogen-bond donors (Lipinski definition) is 3. The van der Waals surface area contributed by atoms with Crippen molar-refractivity contribution in [3.63, 3.8) is 0 Å². The van der Waals surface area contributed by atoms with E-state index in [0.717, 1.165) is 45.2 Å². The first-order chi connectivity index (χ1) is 20.1. The highest BCUT2D eigenvalue weighted by Crippen LogP contribution is 2.32. The summed E-state index contributed by atoms with van der Waals surface area (Å²) >= 11 is 5.94. The number of anilines is 2. The monoisotopic (exact) mass is 593 g/mol. The molecule has 0 unspecified atom stereocenters. The molecule has 5 aromatic carbocycles. The molecule has 0 atom stereocenters. The van der Waals surface area contributed by atoms with Crippen LogP contribution >= 0.6 is 11.6 Å². The van der Waals surface area contributed by atoms with Crippen molar-refractivity contribution in [3.8, 4) is 0 Å². The Labute approximate surface area is 256 Å². The maximum Gasteiger partial charge on any atom is 0.385 e. The Kier molecular flexibility index (Phi) is 12.6. The third-order valence-electron chi connectivity index (χ3n) is 5.79. The molecule has 210 valence electrons. The number of H-pyrrole nitrogens is 1. The van der Waals surface area contributed by atoms with Crippen molar-refractivity contribution >= 4 is 50.9 Å². The van der Waals surface area contributed by atoms with Crippen LogP contribution in [0.5, 0.6) is 0 Å². The molecule has 1 heterocycles. The van der Waals surface area contributed by atoms with Crippen molar-refractivity contribution in [1.82, 2.24) is 4.98 Å². The maximum atomic E-state index is 8.16. The molecule has 1 aromatic heterocycles. The number of azo groups is 1. The molecule has 9 heteroatoms. The molecule has 0 bridgehead atoms. The van der Waals surface area contributed by atoms with Crippen molar-refractivity contribution in [1.29, 1.82) is 5.39 Å². The molecule has 0 amide bonds. The molecule has 6 rings (SSSR count). The quantitative estimate of drug-likeness (QED) is 0.111. The first-order valence-corrected chi connectivity index (χ1v) is 13.3. The van der Waals surface area contributed by atoms with E-state index in [2.05, 4.69) is 25.5 Å². The Morgan fingerprint density at radius 3 is 1.93 bits per heavy atom. The minimum Gasteiger partial charge on any atom is -1.00 e. The zero-order valence-corrected chi connectivity index (χ0v) is 24.1. The lowest BCUT2D eigenvalue weighted by atomic mass is 10.2. The number of diazo groups is 1. The number of hydrogen-bond acceptors (Lipinski definition) is 5. The molecule has 7 nitrogen and oxygen atoms in total. The average molecular weight is 595 g/mol. The molecule has 0 radical (unpaired) electrons. The highest BCUT2D eigenvalue weighted by atomic mass is 35.5. The van der Waals surface area contributed by atoms with Crippen LogP contribution in [0.4, 0.5) is 28.4 Å². The summed E-state index contributed by atoms with van der Waals surface area (Å²) in [5, 5.41) is 22.1. The van der Waals surface area contributed by atoms with Crippen molar-refractivity contribution in [3.05, 3.63) is 155 Å². The highest BCUT2D eigenvalue weighted by Gasteiger charge is 2.07. The maximum absolute atomic E-state index is 8.16. The van der Waals surface area contributed by atoms with Crippen LogP contribution in [-0.4, -0.2) is 4.98 Å². The number of nitrogens with one attached hydrogen (secondary N) is 2. The fourth-order valence-electron chi connectivity index (χ4n) is 3.72. The summed E-state index contributed by atoms with van der Waals surface area (Å²) in [6, 6.07) is 42.1. The third-order valence-corrected chi connectivity index (χ3v) is 6.04. The molecule has 0 saturated heterocycles. The van der Waals surface area contributed by atoms with Gasteiger partial charge >= 0.3 is 5.69 Å². The fourth-order valence-corrected chi connectivity index (χ4v) is 3.85. The van der Waals surface area contributed by atoms with Crippen LogP contribution in [0.1, 0.15) is 5.56 Å². The van der Waals surface area contributed by atoms with Gasteiger partial charge in [-0.05, 0) is 48.0 Å². The molecule has 0 aliphatic carbocycles. The number of nitrogen functional groups attached to an aromatic ring is 1. The van der Waals surface area contributed by atoms with Crippen LogP contribution in [0.3, 0.4) is 0 Å². The summed E-state index contributed by atoms with van der Waals surface area (Å²) in [5.41, 5.74) is 11.6. The van der Waals surface area contributed by atoms with Gasteiger partial charge in [0.2, 0.25) is 5.39 Å². The summed E-state index contributed by atoms with van der Waals surface area (Å²) in [7, 11) is 0. The number of benzene rings is 5. The van der Waals surface area contributed by atoms with Crippen LogP contribution in [0, 0.1) is 5.39 Å². The second-order valence-corrected chi connectivity index (χ2v) is 9.20. The van der Waals surface area contributed by atoms with E-state index in [1.54, 1.807) is 12.1 Å². The number of para-hydroxylation sites is 2. The van der Waals surface area contributed by atoms with E-state index >= 15 is 0 Å². The first kappa shape index (κ1) is 31.4. The van der Waals surface area contributed by atoms with Gasteiger partial charge in [0.1, 0.15) is 5.69 Å². The van der Waals surface area contributed by atoms with Crippen molar-refractivity contribution in [2.45, 2.75) is 6.54 Å². The van der Waals surface area contributed by atoms with Crippen molar-refractivity contribution < 1.29 is 12.4 Å².